The second-order valence-corrected chi connectivity index (χ2v) is 9.03. The number of carboxylic acids is 1. The van der Waals surface area contributed by atoms with Gasteiger partial charge in [-0.25, -0.2) is 4.98 Å². The number of aliphatic carboxylic acids is 1. The number of carbonyl (C=O) groups excluding carboxylic acids is 2. The largest absolute Gasteiger partial charge is 0.550 e. The average Bonchev–Trinajstić information content (AvgIpc) is 2.92. The lowest BCUT2D eigenvalue weighted by atomic mass is 10.0. The van der Waals surface area contributed by atoms with Gasteiger partial charge >= 0.3 is 6.18 Å². The third-order valence-electron chi connectivity index (χ3n) is 6.40. The molecule has 1 aliphatic rings. The monoisotopic (exact) mass is 526 g/mol. The van der Waals surface area contributed by atoms with Crippen molar-refractivity contribution in [3.8, 4) is 11.1 Å². The first-order valence-corrected chi connectivity index (χ1v) is 12.3. The second-order valence-electron chi connectivity index (χ2n) is 9.03. The lowest BCUT2D eigenvalue weighted by Gasteiger charge is -2.35. The Hall–Kier alpha value is -3.92. The van der Waals surface area contributed by atoms with Crippen LogP contribution in [0, 0.1) is 0 Å². The smallest absolute Gasteiger partial charge is 0.416 e. The van der Waals surface area contributed by atoms with Gasteiger partial charge in [0.25, 0.3) is 5.91 Å². The van der Waals surface area contributed by atoms with Crippen LogP contribution in [0.5, 0.6) is 0 Å². The van der Waals surface area contributed by atoms with Crippen LogP contribution in [-0.4, -0.2) is 42.7 Å². The van der Waals surface area contributed by atoms with E-state index in [-0.39, 0.29) is 19.0 Å². The molecule has 0 bridgehead atoms. The molecule has 1 fully saturated rings. The topological polar surface area (TPSA) is 94.6 Å². The van der Waals surface area contributed by atoms with E-state index in [4.69, 9.17) is 4.74 Å². The van der Waals surface area contributed by atoms with Crippen LogP contribution in [0.2, 0.25) is 0 Å². The highest BCUT2D eigenvalue weighted by Gasteiger charge is 2.30. The van der Waals surface area contributed by atoms with Gasteiger partial charge in [0.2, 0.25) is 0 Å². The van der Waals surface area contributed by atoms with Crippen LogP contribution in [0.4, 0.5) is 19.0 Å². The molecule has 4 rings (SSSR count). The Morgan fingerprint density at radius 2 is 1.61 bits per heavy atom. The number of ether oxygens (including phenoxy) is 1. The maximum Gasteiger partial charge on any atom is 0.416 e. The van der Waals surface area contributed by atoms with Gasteiger partial charge in [0.15, 0.2) is 0 Å². The molecule has 3 aromatic rings. The van der Waals surface area contributed by atoms with E-state index in [1.54, 1.807) is 12.1 Å². The van der Waals surface area contributed by atoms with Crippen molar-refractivity contribution in [1.82, 2.24) is 10.3 Å². The molecule has 2 aromatic carbocycles. The van der Waals surface area contributed by atoms with E-state index in [0.29, 0.717) is 36.7 Å². The highest BCUT2D eigenvalue weighted by atomic mass is 19.4. The molecular weight excluding hydrogens is 499 g/mol. The Labute approximate surface area is 218 Å². The number of hydrogen-bond donors (Lipinski definition) is 1. The zero-order valence-electron chi connectivity index (χ0n) is 20.5. The van der Waals surface area contributed by atoms with Crippen LogP contribution in [-0.2, 0) is 22.3 Å². The van der Waals surface area contributed by atoms with E-state index >= 15 is 0 Å². The van der Waals surface area contributed by atoms with E-state index in [9.17, 15) is 27.9 Å². The Morgan fingerprint density at radius 3 is 2.16 bits per heavy atom. The Kier molecular flexibility index (Phi) is 8.62. The number of alkyl halides is 3. The van der Waals surface area contributed by atoms with E-state index in [1.165, 1.54) is 18.3 Å². The number of aromatic nitrogens is 1. The van der Waals surface area contributed by atoms with Gasteiger partial charge < -0.3 is 24.9 Å². The number of nitrogens with zero attached hydrogens (tertiary/aromatic N) is 2. The van der Waals surface area contributed by atoms with E-state index < -0.39 is 23.6 Å². The number of anilines is 1. The number of rotatable bonds is 9. The number of hydrogen-bond acceptors (Lipinski definition) is 6. The lowest BCUT2D eigenvalue weighted by Crippen LogP contribution is -2.39. The van der Waals surface area contributed by atoms with Crippen LogP contribution < -0.4 is 15.3 Å². The van der Waals surface area contributed by atoms with Crippen molar-refractivity contribution < 1.29 is 32.6 Å². The molecule has 1 N–H and O–H groups in total. The molecular formula is C28H27F3N3O4-. The zero-order chi connectivity index (χ0) is 27.1. The van der Waals surface area contributed by atoms with Crippen molar-refractivity contribution in [1.29, 1.82) is 0 Å². The van der Waals surface area contributed by atoms with Crippen LogP contribution in [0.3, 0.4) is 0 Å². The molecule has 10 heteroatoms. The number of nitrogens with one attached hydrogen (secondary N) is 1. The van der Waals surface area contributed by atoms with Gasteiger partial charge in [-0.05, 0) is 53.8 Å². The normalized spacial score (nSPS) is 14.2. The minimum absolute atomic E-state index is 0.0282. The third kappa shape index (κ3) is 7.10. The summed E-state index contributed by atoms with van der Waals surface area (Å²) in [5.74, 6) is -0.963. The highest BCUT2D eigenvalue weighted by molar-refractivity contribution is 5.94. The van der Waals surface area contributed by atoms with Gasteiger partial charge in [-0.2, -0.15) is 13.2 Å². The molecule has 1 amide bonds. The molecule has 0 spiro atoms. The number of carbonyl (C=O) groups is 2. The molecule has 200 valence electrons. The highest BCUT2D eigenvalue weighted by Crippen LogP contribution is 2.31. The molecule has 2 heterocycles. The van der Waals surface area contributed by atoms with Crippen molar-refractivity contribution >= 4 is 17.7 Å². The first kappa shape index (κ1) is 27.1. The van der Waals surface area contributed by atoms with Gasteiger partial charge in [0.1, 0.15) is 5.82 Å². The standard InChI is InChI=1S/C28H28F3N3O4/c29-28(30,31)23-8-5-21(6-9-23)20-3-1-19(2-4-20)18-34(24-12-15-38-16-13-24)25-10-7-22(17-33-25)27(37)32-14-11-26(35)36/h1-10,17,24H,11-16,18H2,(H,32,37)(H,35,36)/p-1. The fraction of sp³-hybridized carbons (Fsp3) is 0.321. The summed E-state index contributed by atoms with van der Waals surface area (Å²) < 4.78 is 44.1. The van der Waals surface area contributed by atoms with Crippen LogP contribution >= 0.6 is 0 Å². The quantitative estimate of drug-likeness (QED) is 0.456. The summed E-state index contributed by atoms with van der Waals surface area (Å²) in [6.45, 7) is 1.78. The number of amides is 1. The molecule has 1 saturated heterocycles. The number of pyridine rings is 1. The number of benzene rings is 2. The SMILES string of the molecule is O=C([O-])CCNC(=O)c1ccc(N(Cc2ccc(-c3ccc(C(F)(F)F)cc3)cc2)C2CCOCC2)nc1. The summed E-state index contributed by atoms with van der Waals surface area (Å²) in [4.78, 5) is 29.5. The van der Waals surface area contributed by atoms with Crippen LogP contribution in [0.25, 0.3) is 11.1 Å². The van der Waals surface area contributed by atoms with E-state index in [0.717, 1.165) is 36.1 Å². The fourth-order valence-corrected chi connectivity index (χ4v) is 4.32. The maximum atomic E-state index is 12.9. The second kappa shape index (κ2) is 12.1. The number of halogens is 3. The van der Waals surface area contributed by atoms with Crippen molar-refractivity contribution in [2.45, 2.75) is 38.0 Å². The minimum atomic E-state index is -4.37. The maximum absolute atomic E-state index is 12.9. The molecule has 0 atom stereocenters. The Balaban J connectivity index is 1.48. The molecule has 7 nitrogen and oxygen atoms in total. The lowest BCUT2D eigenvalue weighted by molar-refractivity contribution is -0.305. The molecule has 0 unspecified atom stereocenters. The van der Waals surface area contributed by atoms with Gasteiger partial charge in [0.05, 0.1) is 11.1 Å². The summed E-state index contributed by atoms with van der Waals surface area (Å²) in [6.07, 6.45) is -1.55. The average molecular weight is 527 g/mol. The molecule has 0 saturated carbocycles. The molecule has 38 heavy (non-hydrogen) atoms. The van der Waals surface area contributed by atoms with E-state index in [1.807, 2.05) is 24.3 Å². The van der Waals surface area contributed by atoms with Gasteiger partial charge in [0, 0.05) is 50.9 Å². The minimum Gasteiger partial charge on any atom is -0.550 e. The fourth-order valence-electron chi connectivity index (χ4n) is 4.32. The molecule has 0 radical (unpaired) electrons. The third-order valence-corrected chi connectivity index (χ3v) is 6.40. The predicted molar refractivity (Wildman–Crippen MR) is 133 cm³/mol. The van der Waals surface area contributed by atoms with Crippen LogP contribution in [0.1, 0.15) is 40.7 Å². The van der Waals surface area contributed by atoms with E-state index in [2.05, 4.69) is 15.2 Å². The van der Waals surface area contributed by atoms with Crippen molar-refractivity contribution in [3.05, 3.63) is 83.6 Å². The van der Waals surface area contributed by atoms with Gasteiger partial charge in [-0.15, -0.1) is 0 Å². The first-order chi connectivity index (χ1) is 18.2. The van der Waals surface area contributed by atoms with Gasteiger partial charge in [-0.3, -0.25) is 4.79 Å². The van der Waals surface area contributed by atoms with Crippen molar-refractivity contribution in [2.75, 3.05) is 24.7 Å². The van der Waals surface area contributed by atoms with Crippen LogP contribution in [0.15, 0.2) is 66.9 Å². The molecule has 0 aliphatic carbocycles. The molecule has 1 aliphatic heterocycles. The summed E-state index contributed by atoms with van der Waals surface area (Å²) in [5.41, 5.74) is 2.14. The predicted octanol–water partition coefficient (Wildman–Crippen LogP) is 3.82. The Bertz CT molecular complexity index is 1220. The summed E-state index contributed by atoms with van der Waals surface area (Å²) in [6, 6.07) is 16.3. The van der Waals surface area contributed by atoms with Crippen molar-refractivity contribution in [2.24, 2.45) is 0 Å². The summed E-state index contributed by atoms with van der Waals surface area (Å²) in [5, 5.41) is 13.1. The summed E-state index contributed by atoms with van der Waals surface area (Å²) in [7, 11) is 0. The van der Waals surface area contributed by atoms with Crippen molar-refractivity contribution in [3.63, 3.8) is 0 Å². The zero-order valence-corrected chi connectivity index (χ0v) is 20.5. The first-order valence-electron chi connectivity index (χ1n) is 12.3. The Morgan fingerprint density at radius 1 is 0.974 bits per heavy atom. The summed E-state index contributed by atoms with van der Waals surface area (Å²) >= 11 is 0. The van der Waals surface area contributed by atoms with Gasteiger partial charge in [-0.1, -0.05) is 36.4 Å². The molecule has 1 aromatic heterocycles. The number of carboxylic acid groups (broad SMARTS) is 1.